The van der Waals surface area contributed by atoms with E-state index in [1.807, 2.05) is 0 Å². The van der Waals surface area contributed by atoms with Crippen molar-refractivity contribution in [2.24, 2.45) is 0 Å². The average Bonchev–Trinajstić information content (AvgIpc) is 2.57. The maximum atomic E-state index is 11.0. The number of amides is 1. The molecule has 0 saturated heterocycles. The predicted octanol–water partition coefficient (Wildman–Crippen LogP) is 6.76. The van der Waals surface area contributed by atoms with Crippen LogP contribution in [0.25, 0.3) is 0 Å². The van der Waals surface area contributed by atoms with Gasteiger partial charge in [0.1, 0.15) is 0 Å². The van der Waals surface area contributed by atoms with Gasteiger partial charge in [0, 0.05) is 6.54 Å². The highest BCUT2D eigenvalue weighted by atomic mass is 79.9. The van der Waals surface area contributed by atoms with E-state index in [1.165, 1.54) is 96.3 Å². The Morgan fingerprint density at radius 3 is 1.35 bits per heavy atom. The fourth-order valence-corrected chi connectivity index (χ4v) is 3.15. The van der Waals surface area contributed by atoms with Crippen molar-refractivity contribution in [3.63, 3.8) is 0 Å². The number of alkyl halides is 1. The molecule has 0 bridgehead atoms. The van der Waals surface area contributed by atoms with E-state index < -0.39 is 0 Å². The maximum absolute atomic E-state index is 11.0. The number of nitrogens with one attached hydrogen (secondary N) is 1. The molecule has 0 aliphatic heterocycles. The van der Waals surface area contributed by atoms with Gasteiger partial charge in [-0.2, -0.15) is 0 Å². The minimum atomic E-state index is 0.103. The van der Waals surface area contributed by atoms with Gasteiger partial charge >= 0.3 is 0 Å². The van der Waals surface area contributed by atoms with Gasteiger partial charge in [0.2, 0.25) is 5.91 Å². The lowest BCUT2D eigenvalue weighted by atomic mass is 10.0. The maximum Gasteiger partial charge on any atom is 0.230 e. The molecule has 0 rings (SSSR count). The monoisotopic (exact) mass is 389 g/mol. The molecule has 23 heavy (non-hydrogen) atoms. The fraction of sp³-hybridized carbons (Fsp3) is 0.950. The Morgan fingerprint density at radius 2 is 1.00 bits per heavy atom. The number of hydrogen-bond donors (Lipinski definition) is 1. The molecule has 2 nitrogen and oxygen atoms in total. The number of carbonyl (C=O) groups excluding carboxylic acids is 1. The molecular formula is C20H40BrNO. The normalized spacial score (nSPS) is 10.9. The summed E-state index contributed by atoms with van der Waals surface area (Å²) in [4.78, 5) is 11.0. The van der Waals surface area contributed by atoms with Crippen molar-refractivity contribution in [2.75, 3.05) is 11.9 Å². The minimum absolute atomic E-state index is 0.103. The van der Waals surface area contributed by atoms with Gasteiger partial charge in [0.25, 0.3) is 0 Å². The standard InChI is InChI=1S/C20H40BrNO/c1-2-3-4-5-6-7-8-9-10-11-12-13-14-15-16-17-18-22-20(23)19-21/h2-19H2,1H3,(H,22,23). The predicted molar refractivity (Wildman–Crippen MR) is 106 cm³/mol. The highest BCUT2D eigenvalue weighted by Gasteiger charge is 1.97. The first-order chi connectivity index (χ1) is 11.3. The molecule has 1 N–H and O–H groups in total. The molecule has 138 valence electrons. The summed E-state index contributed by atoms with van der Waals surface area (Å²) in [5.74, 6) is 0.103. The van der Waals surface area contributed by atoms with Gasteiger partial charge in [-0.3, -0.25) is 4.79 Å². The largest absolute Gasteiger partial charge is 0.355 e. The van der Waals surface area contributed by atoms with E-state index >= 15 is 0 Å². The van der Waals surface area contributed by atoms with Crippen LogP contribution < -0.4 is 5.32 Å². The Hall–Kier alpha value is -0.0500. The van der Waals surface area contributed by atoms with Crippen LogP contribution in [0, 0.1) is 0 Å². The molecule has 0 fully saturated rings. The molecule has 0 aliphatic rings. The zero-order chi connectivity index (χ0) is 17.0. The van der Waals surface area contributed by atoms with Crippen LogP contribution in [0.15, 0.2) is 0 Å². The van der Waals surface area contributed by atoms with E-state index in [0.717, 1.165) is 13.0 Å². The van der Waals surface area contributed by atoms with Crippen molar-refractivity contribution in [2.45, 2.75) is 110 Å². The summed E-state index contributed by atoms with van der Waals surface area (Å²) in [6.45, 7) is 3.12. The summed E-state index contributed by atoms with van der Waals surface area (Å²) >= 11 is 3.15. The van der Waals surface area contributed by atoms with E-state index in [2.05, 4.69) is 28.2 Å². The Balaban J connectivity index is 2.99. The molecule has 1 amide bonds. The second-order valence-corrected chi connectivity index (χ2v) is 7.35. The number of carbonyl (C=O) groups is 1. The molecule has 0 aromatic rings. The van der Waals surface area contributed by atoms with E-state index in [4.69, 9.17) is 0 Å². The number of halogens is 1. The van der Waals surface area contributed by atoms with Crippen molar-refractivity contribution in [3.8, 4) is 0 Å². The third-order valence-electron chi connectivity index (χ3n) is 4.47. The Kier molecular flexibility index (Phi) is 20.0. The quantitative estimate of drug-likeness (QED) is 0.203. The summed E-state index contributed by atoms with van der Waals surface area (Å²) in [6, 6.07) is 0. The van der Waals surface area contributed by atoms with Crippen LogP contribution in [0.2, 0.25) is 0 Å². The van der Waals surface area contributed by atoms with Gasteiger partial charge in [-0.15, -0.1) is 0 Å². The van der Waals surface area contributed by atoms with Crippen LogP contribution in [0.3, 0.4) is 0 Å². The topological polar surface area (TPSA) is 29.1 Å². The second-order valence-electron chi connectivity index (χ2n) is 6.79. The van der Waals surface area contributed by atoms with Crippen molar-refractivity contribution < 1.29 is 4.79 Å². The van der Waals surface area contributed by atoms with Crippen LogP contribution in [0.5, 0.6) is 0 Å². The Labute approximate surface area is 153 Å². The highest BCUT2D eigenvalue weighted by Crippen LogP contribution is 2.13. The SMILES string of the molecule is CCCCCCCCCCCCCCCCCCNC(=O)CBr. The molecule has 0 aromatic heterocycles. The van der Waals surface area contributed by atoms with E-state index in [-0.39, 0.29) is 5.91 Å². The van der Waals surface area contributed by atoms with Gasteiger partial charge in [-0.25, -0.2) is 0 Å². The van der Waals surface area contributed by atoms with E-state index in [9.17, 15) is 4.79 Å². The molecular weight excluding hydrogens is 350 g/mol. The molecule has 0 aliphatic carbocycles. The van der Waals surface area contributed by atoms with Crippen LogP contribution in [0.1, 0.15) is 110 Å². The van der Waals surface area contributed by atoms with Gasteiger partial charge in [0.05, 0.1) is 5.33 Å². The Bertz CT molecular complexity index is 246. The lowest BCUT2D eigenvalue weighted by molar-refractivity contribution is -0.118. The fourth-order valence-electron chi connectivity index (χ4n) is 2.95. The van der Waals surface area contributed by atoms with E-state index in [1.54, 1.807) is 0 Å². The first kappa shape index (κ1) is 22.9. The molecule has 0 unspecified atom stereocenters. The van der Waals surface area contributed by atoms with Crippen molar-refractivity contribution >= 4 is 21.8 Å². The van der Waals surface area contributed by atoms with Crippen LogP contribution >= 0.6 is 15.9 Å². The zero-order valence-corrected chi connectivity index (χ0v) is 17.1. The Morgan fingerprint density at radius 1 is 0.652 bits per heavy atom. The lowest BCUT2D eigenvalue weighted by Gasteiger charge is -2.04. The molecule has 0 spiro atoms. The molecule has 0 saturated carbocycles. The second kappa shape index (κ2) is 20.0. The summed E-state index contributed by atoms with van der Waals surface area (Å²) in [5.41, 5.74) is 0. The van der Waals surface area contributed by atoms with Crippen LogP contribution in [0.4, 0.5) is 0 Å². The van der Waals surface area contributed by atoms with Gasteiger partial charge in [-0.05, 0) is 6.42 Å². The smallest absolute Gasteiger partial charge is 0.230 e. The molecule has 0 aromatic carbocycles. The van der Waals surface area contributed by atoms with E-state index in [0.29, 0.717) is 5.33 Å². The van der Waals surface area contributed by atoms with Crippen LogP contribution in [-0.4, -0.2) is 17.8 Å². The van der Waals surface area contributed by atoms with Gasteiger partial charge in [0.15, 0.2) is 0 Å². The van der Waals surface area contributed by atoms with Crippen molar-refractivity contribution in [1.29, 1.82) is 0 Å². The molecule has 0 heterocycles. The van der Waals surface area contributed by atoms with Gasteiger partial charge in [-0.1, -0.05) is 119 Å². The number of rotatable bonds is 18. The third kappa shape index (κ3) is 19.9. The molecule has 3 heteroatoms. The number of hydrogen-bond acceptors (Lipinski definition) is 1. The van der Waals surface area contributed by atoms with Crippen LogP contribution in [-0.2, 0) is 4.79 Å². The third-order valence-corrected chi connectivity index (χ3v) is 4.98. The summed E-state index contributed by atoms with van der Waals surface area (Å²) < 4.78 is 0. The summed E-state index contributed by atoms with van der Waals surface area (Å²) in [6.07, 6.45) is 22.2. The molecule has 0 atom stereocenters. The van der Waals surface area contributed by atoms with Crippen molar-refractivity contribution in [3.05, 3.63) is 0 Å². The molecule has 0 radical (unpaired) electrons. The van der Waals surface area contributed by atoms with Gasteiger partial charge < -0.3 is 5.32 Å². The summed E-state index contributed by atoms with van der Waals surface area (Å²) in [5, 5.41) is 3.32. The number of unbranched alkanes of at least 4 members (excludes halogenated alkanes) is 15. The first-order valence-electron chi connectivity index (χ1n) is 10.1. The highest BCUT2D eigenvalue weighted by molar-refractivity contribution is 9.09. The minimum Gasteiger partial charge on any atom is -0.355 e. The lowest BCUT2D eigenvalue weighted by Crippen LogP contribution is -2.25. The van der Waals surface area contributed by atoms with Crippen molar-refractivity contribution in [1.82, 2.24) is 5.32 Å². The summed E-state index contributed by atoms with van der Waals surface area (Å²) in [7, 11) is 0. The first-order valence-corrected chi connectivity index (χ1v) is 11.3. The zero-order valence-electron chi connectivity index (χ0n) is 15.5. The average molecular weight is 390 g/mol.